The molecule has 3 heterocycles. The van der Waals surface area contributed by atoms with E-state index in [2.05, 4.69) is 72.0 Å². The predicted octanol–water partition coefficient (Wildman–Crippen LogP) is 6.07. The highest BCUT2D eigenvalue weighted by Gasteiger charge is 2.36. The molecule has 0 saturated heterocycles. The quantitative estimate of drug-likeness (QED) is 0.280. The van der Waals surface area contributed by atoms with Gasteiger partial charge in [-0.2, -0.15) is 0 Å². The molecule has 5 rings (SSSR count). The van der Waals surface area contributed by atoms with Crippen LogP contribution in [0.3, 0.4) is 0 Å². The molecule has 0 fully saturated rings. The zero-order chi connectivity index (χ0) is 17.5. The van der Waals surface area contributed by atoms with Crippen LogP contribution in [0.1, 0.15) is 31.7 Å². The van der Waals surface area contributed by atoms with Crippen molar-refractivity contribution in [1.82, 2.24) is 0 Å². The van der Waals surface area contributed by atoms with E-state index in [-0.39, 0.29) is 0 Å². The van der Waals surface area contributed by atoms with E-state index in [0.717, 1.165) is 23.5 Å². The molecule has 2 aromatic carbocycles. The average molecular weight is 340 g/mol. The van der Waals surface area contributed by atoms with Crippen LogP contribution in [-0.2, 0) is 6.42 Å². The summed E-state index contributed by atoms with van der Waals surface area (Å²) in [5.74, 6) is 0.961. The van der Waals surface area contributed by atoms with E-state index < -0.39 is 0 Å². The van der Waals surface area contributed by atoms with Gasteiger partial charge in [0, 0.05) is 11.6 Å². The summed E-state index contributed by atoms with van der Waals surface area (Å²) in [4.78, 5) is 0. The van der Waals surface area contributed by atoms with Crippen molar-refractivity contribution in [2.75, 3.05) is 0 Å². The highest BCUT2D eigenvalue weighted by atomic mass is 16.3. The first kappa shape index (κ1) is 15.4. The van der Waals surface area contributed by atoms with Crippen LogP contribution < -0.4 is 4.40 Å². The van der Waals surface area contributed by atoms with E-state index in [0.29, 0.717) is 0 Å². The average Bonchev–Trinajstić information content (AvgIpc) is 3.24. The zero-order valence-corrected chi connectivity index (χ0v) is 15.0. The summed E-state index contributed by atoms with van der Waals surface area (Å²) >= 11 is 0. The summed E-state index contributed by atoms with van der Waals surface area (Å²) in [5.41, 5.74) is 8.36. The van der Waals surface area contributed by atoms with Crippen LogP contribution in [0.2, 0.25) is 0 Å². The number of unbranched alkanes of at least 4 members (excludes halogenated alkanes) is 2. The van der Waals surface area contributed by atoms with E-state index in [1.54, 1.807) is 0 Å². The lowest BCUT2D eigenvalue weighted by molar-refractivity contribution is -0.485. The molecule has 0 aliphatic carbocycles. The van der Waals surface area contributed by atoms with Crippen molar-refractivity contribution >= 4 is 5.71 Å². The standard InChI is InChI=1S/C24H22NO/c1-2-3-4-8-17-13-15-18(16-14-17)24-23-20-10-6-5-9-19(20)21-11-7-12-22(26-24)25(21)23/h5-7,9-16H,2-4,8H2,1H3/q+1. The van der Waals surface area contributed by atoms with E-state index in [1.807, 2.05) is 6.07 Å². The molecular weight excluding hydrogens is 318 g/mol. The molecular formula is C24H22NO+. The van der Waals surface area contributed by atoms with Crippen molar-refractivity contribution < 1.29 is 8.82 Å². The van der Waals surface area contributed by atoms with Crippen LogP contribution in [0.4, 0.5) is 0 Å². The zero-order valence-electron chi connectivity index (χ0n) is 15.0. The molecule has 4 aromatic rings. The molecule has 0 amide bonds. The second-order valence-electron chi connectivity index (χ2n) is 7.06. The normalized spacial score (nSPS) is 11.9. The lowest BCUT2D eigenvalue weighted by atomic mass is 10.0. The largest absolute Gasteiger partial charge is 0.397 e. The van der Waals surface area contributed by atoms with Crippen LogP contribution >= 0.6 is 0 Å². The maximum absolute atomic E-state index is 6.28. The fourth-order valence-corrected chi connectivity index (χ4v) is 4.02. The first-order valence-electron chi connectivity index (χ1n) is 9.53. The molecule has 1 aliphatic rings. The van der Waals surface area contributed by atoms with Crippen molar-refractivity contribution in [2.24, 2.45) is 0 Å². The molecule has 1 aliphatic heterocycles. The molecule has 0 atom stereocenters. The van der Waals surface area contributed by atoms with Gasteiger partial charge in [-0.3, -0.25) is 0 Å². The molecule has 0 bridgehead atoms. The molecule has 2 heteroatoms. The number of aromatic nitrogens is 1. The second kappa shape index (κ2) is 6.14. The molecule has 0 N–H and O–H groups in total. The van der Waals surface area contributed by atoms with Crippen LogP contribution in [0, 0.1) is 0 Å². The fourth-order valence-electron chi connectivity index (χ4n) is 4.02. The van der Waals surface area contributed by atoms with E-state index in [4.69, 9.17) is 4.42 Å². The lowest BCUT2D eigenvalue weighted by Gasteiger charge is -2.02. The molecule has 128 valence electrons. The van der Waals surface area contributed by atoms with Gasteiger partial charge in [0.2, 0.25) is 11.5 Å². The Morgan fingerprint density at radius 3 is 2.42 bits per heavy atom. The molecule has 26 heavy (non-hydrogen) atoms. The summed E-state index contributed by atoms with van der Waals surface area (Å²) in [5, 5.41) is 0. The van der Waals surface area contributed by atoms with Gasteiger partial charge in [-0.1, -0.05) is 56.2 Å². The smallest absolute Gasteiger partial charge is 0.380 e. The van der Waals surface area contributed by atoms with Crippen molar-refractivity contribution in [3.05, 3.63) is 72.3 Å². The van der Waals surface area contributed by atoms with Gasteiger partial charge in [0.05, 0.1) is 17.2 Å². The minimum atomic E-state index is 0.899. The minimum absolute atomic E-state index is 0.899. The molecule has 2 aromatic heterocycles. The summed E-state index contributed by atoms with van der Waals surface area (Å²) < 4.78 is 8.52. The Morgan fingerprint density at radius 2 is 1.62 bits per heavy atom. The van der Waals surface area contributed by atoms with Crippen molar-refractivity contribution in [2.45, 2.75) is 32.6 Å². The van der Waals surface area contributed by atoms with Gasteiger partial charge < -0.3 is 4.42 Å². The Hall–Kier alpha value is -2.87. The number of rotatable bonds is 5. The number of fused-ring (bicyclic) bond motifs is 3. The Morgan fingerprint density at radius 1 is 0.808 bits per heavy atom. The third-order valence-corrected chi connectivity index (χ3v) is 5.34. The molecule has 0 radical (unpaired) electrons. The number of oxazole rings is 1. The summed E-state index contributed by atoms with van der Waals surface area (Å²) in [7, 11) is 0. The summed E-state index contributed by atoms with van der Waals surface area (Å²) in [6.07, 6.45) is 4.98. The molecule has 0 spiro atoms. The second-order valence-corrected chi connectivity index (χ2v) is 7.06. The molecule has 0 unspecified atom stereocenters. The highest BCUT2D eigenvalue weighted by Crippen LogP contribution is 2.41. The highest BCUT2D eigenvalue weighted by molar-refractivity contribution is 5.88. The Balaban J connectivity index is 1.61. The van der Waals surface area contributed by atoms with Crippen LogP contribution in [-0.4, -0.2) is 0 Å². The summed E-state index contributed by atoms with van der Waals surface area (Å²) in [6, 6.07) is 23.8. The van der Waals surface area contributed by atoms with Gasteiger partial charge in [-0.05, 0) is 36.6 Å². The van der Waals surface area contributed by atoms with E-state index in [1.165, 1.54) is 47.3 Å². The predicted molar refractivity (Wildman–Crippen MR) is 105 cm³/mol. The number of pyridine rings is 1. The Kier molecular flexibility index (Phi) is 3.63. The van der Waals surface area contributed by atoms with Gasteiger partial charge >= 0.3 is 5.71 Å². The van der Waals surface area contributed by atoms with Gasteiger partial charge in [0.25, 0.3) is 5.69 Å². The van der Waals surface area contributed by atoms with Gasteiger partial charge in [-0.15, -0.1) is 4.40 Å². The SMILES string of the molecule is CCCCCc1ccc(-c2oc3cccc4[n+]3c2-c2ccccc2-4)cc1. The lowest BCUT2D eigenvalue weighted by Crippen LogP contribution is -2.20. The van der Waals surface area contributed by atoms with E-state index in [9.17, 15) is 0 Å². The van der Waals surface area contributed by atoms with Gasteiger partial charge in [0.1, 0.15) is 0 Å². The number of aryl methyl sites for hydroxylation is 1. The van der Waals surface area contributed by atoms with Gasteiger partial charge in [0.15, 0.2) is 0 Å². The van der Waals surface area contributed by atoms with Crippen LogP contribution in [0.5, 0.6) is 0 Å². The Bertz CT molecular complexity index is 1090. The minimum Gasteiger partial charge on any atom is -0.397 e. The number of hydrogen-bond acceptors (Lipinski definition) is 1. The number of benzene rings is 2. The fraction of sp³-hybridized carbons (Fsp3) is 0.208. The summed E-state index contributed by atoms with van der Waals surface area (Å²) in [6.45, 7) is 2.25. The maximum Gasteiger partial charge on any atom is 0.380 e. The van der Waals surface area contributed by atoms with Gasteiger partial charge in [-0.25, -0.2) is 0 Å². The maximum atomic E-state index is 6.28. The van der Waals surface area contributed by atoms with Crippen molar-refractivity contribution in [1.29, 1.82) is 0 Å². The van der Waals surface area contributed by atoms with Crippen LogP contribution in [0.25, 0.3) is 39.6 Å². The van der Waals surface area contributed by atoms with E-state index >= 15 is 0 Å². The molecule has 0 saturated carbocycles. The monoisotopic (exact) mass is 340 g/mol. The third kappa shape index (κ3) is 2.29. The topological polar surface area (TPSA) is 17.2 Å². The number of nitrogens with zero attached hydrogens (tertiary/aromatic N) is 1. The first-order valence-corrected chi connectivity index (χ1v) is 9.53. The first-order chi connectivity index (χ1) is 12.9. The van der Waals surface area contributed by atoms with Crippen molar-refractivity contribution in [3.63, 3.8) is 0 Å². The third-order valence-electron chi connectivity index (χ3n) is 5.34. The number of hydrogen-bond donors (Lipinski definition) is 0. The van der Waals surface area contributed by atoms with Crippen molar-refractivity contribution in [3.8, 4) is 33.8 Å². The molecule has 2 nitrogen and oxygen atoms in total. The van der Waals surface area contributed by atoms with Crippen LogP contribution in [0.15, 0.2) is 71.1 Å². The Labute approximate surface area is 153 Å².